The van der Waals surface area contributed by atoms with Crippen molar-refractivity contribution in [2.45, 2.75) is 70.3 Å². The number of fused-ring (bicyclic) bond motifs is 1. The van der Waals surface area contributed by atoms with Gasteiger partial charge in [0, 0.05) is 22.7 Å². The summed E-state index contributed by atoms with van der Waals surface area (Å²) in [6.07, 6.45) is 0.648. The lowest BCUT2D eigenvalue weighted by Crippen LogP contribution is -2.58. The summed E-state index contributed by atoms with van der Waals surface area (Å²) in [5.41, 5.74) is 7.76. The molecule has 5 atom stereocenters. The maximum Gasteiger partial charge on any atom is 0.117 e. The number of para-hydroxylation sites is 1. The smallest absolute Gasteiger partial charge is 0.117 e. The van der Waals surface area contributed by atoms with Crippen LogP contribution in [0, 0.1) is 0 Å². The number of aromatic amines is 1. The molecule has 6 aromatic rings. The first-order chi connectivity index (χ1) is 24.8. The first-order valence-corrected chi connectivity index (χ1v) is 17.6. The van der Waals surface area contributed by atoms with Crippen molar-refractivity contribution >= 4 is 10.9 Å². The normalized spacial score (nSPS) is 20.6. The van der Waals surface area contributed by atoms with Crippen LogP contribution in [0.1, 0.15) is 46.4 Å². The lowest BCUT2D eigenvalue weighted by molar-refractivity contribution is -0.274. The maximum atomic E-state index is 7.16. The second-order valence-corrected chi connectivity index (χ2v) is 12.8. The van der Waals surface area contributed by atoms with E-state index in [4.69, 9.17) is 23.7 Å². The van der Waals surface area contributed by atoms with Crippen molar-refractivity contribution in [2.75, 3.05) is 6.61 Å². The van der Waals surface area contributed by atoms with E-state index in [0.29, 0.717) is 33.0 Å². The summed E-state index contributed by atoms with van der Waals surface area (Å²) in [5.74, 6) is 0. The number of hydrogen-bond acceptors (Lipinski definition) is 5. The summed E-state index contributed by atoms with van der Waals surface area (Å²) >= 11 is 0. The predicted molar refractivity (Wildman–Crippen MR) is 196 cm³/mol. The molecule has 1 saturated heterocycles. The minimum absolute atomic E-state index is 0.323. The molecule has 7 rings (SSSR count). The van der Waals surface area contributed by atoms with Crippen molar-refractivity contribution in [3.63, 3.8) is 0 Å². The van der Waals surface area contributed by atoms with E-state index in [9.17, 15) is 0 Å². The lowest BCUT2D eigenvalue weighted by atomic mass is 9.89. The lowest BCUT2D eigenvalue weighted by Gasteiger charge is -2.46. The van der Waals surface area contributed by atoms with Gasteiger partial charge >= 0.3 is 0 Å². The fourth-order valence-corrected chi connectivity index (χ4v) is 6.81. The minimum atomic E-state index is -0.491. The molecule has 1 fully saturated rings. The standard InChI is InChI=1S/C44H45NO5/c1-2-36-24-15-25-37-38(26-45-40(36)37)41-43(48-29-34-20-11-5-12-21-34)44(49-30-35-22-13-6-14-23-35)42(47-28-33-18-9-4-10-19-33)39(50-41)31-46-27-32-16-7-3-8-17-32/h3-26,39,41-45H,2,27-31H2,1H3/t39-,41+,42-,43+,44+/m1/s1. The molecular formula is C44H45NO5. The molecular weight excluding hydrogens is 622 g/mol. The van der Waals surface area contributed by atoms with Crippen molar-refractivity contribution in [1.82, 2.24) is 4.98 Å². The van der Waals surface area contributed by atoms with E-state index in [1.54, 1.807) is 0 Å². The predicted octanol–water partition coefficient (Wildman–Crippen LogP) is 9.14. The van der Waals surface area contributed by atoms with Crippen LogP contribution in [0.5, 0.6) is 0 Å². The first kappa shape index (κ1) is 33.9. The molecule has 0 aliphatic carbocycles. The van der Waals surface area contributed by atoms with E-state index in [1.165, 1.54) is 5.56 Å². The molecule has 0 amide bonds. The SMILES string of the molecule is CCc1cccc2c([C@@H]3O[C@H](COCc4ccccc4)[C@@H](OCc4ccccc4)[C@H](OCc4ccccc4)[C@H]3OCc3ccccc3)c[nH]c12. The number of benzene rings is 5. The van der Waals surface area contributed by atoms with Gasteiger partial charge in [0.2, 0.25) is 0 Å². The van der Waals surface area contributed by atoms with E-state index in [0.717, 1.165) is 45.1 Å². The quantitative estimate of drug-likeness (QED) is 0.118. The summed E-state index contributed by atoms with van der Waals surface area (Å²) in [5, 5.41) is 1.12. The van der Waals surface area contributed by atoms with Gasteiger partial charge < -0.3 is 28.7 Å². The zero-order valence-electron chi connectivity index (χ0n) is 28.5. The summed E-state index contributed by atoms with van der Waals surface area (Å²) in [6, 6.07) is 47.4. The van der Waals surface area contributed by atoms with Gasteiger partial charge in [-0.15, -0.1) is 0 Å². The molecule has 1 aliphatic heterocycles. The summed E-state index contributed by atoms with van der Waals surface area (Å²) < 4.78 is 34.3. The molecule has 1 aromatic heterocycles. The molecule has 0 radical (unpaired) electrons. The largest absolute Gasteiger partial charge is 0.374 e. The Morgan fingerprint density at radius 1 is 0.540 bits per heavy atom. The van der Waals surface area contributed by atoms with Crippen LogP contribution in [0.4, 0.5) is 0 Å². The Kier molecular flexibility index (Phi) is 11.5. The Labute approximate surface area is 294 Å². The highest BCUT2D eigenvalue weighted by Gasteiger charge is 2.49. The highest BCUT2D eigenvalue weighted by molar-refractivity contribution is 5.86. The summed E-state index contributed by atoms with van der Waals surface area (Å²) in [6.45, 7) is 4.18. The molecule has 2 heterocycles. The Morgan fingerprint density at radius 2 is 1.04 bits per heavy atom. The minimum Gasteiger partial charge on any atom is -0.374 e. The molecule has 1 N–H and O–H groups in total. The molecule has 1 aliphatic rings. The number of ether oxygens (including phenoxy) is 5. The number of rotatable bonds is 15. The van der Waals surface area contributed by atoms with Crippen LogP contribution in [-0.2, 0) is 56.5 Å². The third-order valence-electron chi connectivity index (χ3n) is 9.40. The van der Waals surface area contributed by atoms with Gasteiger partial charge in [0.05, 0.1) is 33.0 Å². The molecule has 256 valence electrons. The maximum absolute atomic E-state index is 7.16. The number of hydrogen-bond donors (Lipinski definition) is 1. The van der Waals surface area contributed by atoms with Crippen molar-refractivity contribution in [1.29, 1.82) is 0 Å². The zero-order chi connectivity index (χ0) is 34.0. The van der Waals surface area contributed by atoms with Crippen LogP contribution in [0.25, 0.3) is 10.9 Å². The highest BCUT2D eigenvalue weighted by Crippen LogP contribution is 2.41. The Morgan fingerprint density at radius 3 is 1.58 bits per heavy atom. The van der Waals surface area contributed by atoms with Crippen LogP contribution in [0.3, 0.4) is 0 Å². The van der Waals surface area contributed by atoms with Crippen molar-refractivity contribution < 1.29 is 23.7 Å². The number of nitrogens with one attached hydrogen (secondary N) is 1. The number of aromatic nitrogens is 1. The van der Waals surface area contributed by atoms with E-state index in [-0.39, 0.29) is 0 Å². The van der Waals surface area contributed by atoms with Crippen molar-refractivity contribution in [3.8, 4) is 0 Å². The van der Waals surface area contributed by atoms with Gasteiger partial charge in [0.15, 0.2) is 0 Å². The van der Waals surface area contributed by atoms with Gasteiger partial charge in [0.25, 0.3) is 0 Å². The van der Waals surface area contributed by atoms with Gasteiger partial charge in [0.1, 0.15) is 30.5 Å². The monoisotopic (exact) mass is 667 g/mol. The van der Waals surface area contributed by atoms with Crippen LogP contribution in [0.2, 0.25) is 0 Å². The second-order valence-electron chi connectivity index (χ2n) is 12.8. The molecule has 0 bridgehead atoms. The fraction of sp³-hybridized carbons (Fsp3) is 0.273. The molecule has 5 aromatic carbocycles. The number of aryl methyl sites for hydroxylation is 1. The van der Waals surface area contributed by atoms with Crippen LogP contribution in [-0.4, -0.2) is 36.0 Å². The molecule has 0 saturated carbocycles. The first-order valence-electron chi connectivity index (χ1n) is 17.6. The van der Waals surface area contributed by atoms with Crippen LogP contribution in [0.15, 0.2) is 146 Å². The van der Waals surface area contributed by atoms with Gasteiger partial charge in [-0.3, -0.25) is 0 Å². The van der Waals surface area contributed by atoms with Crippen LogP contribution < -0.4 is 0 Å². The topological polar surface area (TPSA) is 61.9 Å². The Balaban J connectivity index is 1.27. The summed E-state index contributed by atoms with van der Waals surface area (Å²) in [4.78, 5) is 3.57. The van der Waals surface area contributed by atoms with Gasteiger partial charge in [-0.2, -0.15) is 0 Å². The second kappa shape index (κ2) is 16.9. The average molecular weight is 668 g/mol. The third kappa shape index (κ3) is 8.24. The van der Waals surface area contributed by atoms with E-state index < -0.39 is 30.5 Å². The Hall–Kier alpha value is -4.56. The van der Waals surface area contributed by atoms with E-state index in [2.05, 4.69) is 84.8 Å². The number of H-pyrrole nitrogens is 1. The average Bonchev–Trinajstić information content (AvgIpc) is 3.62. The van der Waals surface area contributed by atoms with E-state index in [1.807, 2.05) is 72.8 Å². The Bertz CT molecular complexity index is 1880. The molecule has 6 heteroatoms. The molecule has 0 spiro atoms. The molecule has 6 nitrogen and oxygen atoms in total. The van der Waals surface area contributed by atoms with Gasteiger partial charge in [-0.1, -0.05) is 146 Å². The van der Waals surface area contributed by atoms with Crippen molar-refractivity contribution in [2.24, 2.45) is 0 Å². The molecule has 50 heavy (non-hydrogen) atoms. The van der Waals surface area contributed by atoms with Gasteiger partial charge in [-0.05, 0) is 34.2 Å². The summed E-state index contributed by atoms with van der Waals surface area (Å²) in [7, 11) is 0. The molecule has 0 unspecified atom stereocenters. The van der Waals surface area contributed by atoms with E-state index >= 15 is 0 Å². The van der Waals surface area contributed by atoms with Gasteiger partial charge in [-0.25, -0.2) is 0 Å². The highest BCUT2D eigenvalue weighted by atomic mass is 16.6. The van der Waals surface area contributed by atoms with Crippen LogP contribution >= 0.6 is 0 Å². The zero-order valence-corrected chi connectivity index (χ0v) is 28.5. The van der Waals surface area contributed by atoms with Crippen molar-refractivity contribution in [3.05, 3.63) is 179 Å². The fourth-order valence-electron chi connectivity index (χ4n) is 6.81. The third-order valence-corrected chi connectivity index (χ3v) is 9.40.